The molecule has 2 heterocycles. The van der Waals surface area contributed by atoms with Gasteiger partial charge in [-0.15, -0.1) is 0 Å². The van der Waals surface area contributed by atoms with Gasteiger partial charge in [-0.1, -0.05) is 6.07 Å². The summed E-state index contributed by atoms with van der Waals surface area (Å²) in [5.74, 6) is 0.666. The Morgan fingerprint density at radius 1 is 1.38 bits per heavy atom. The maximum absolute atomic E-state index is 6.30. The molecule has 3 heteroatoms. The van der Waals surface area contributed by atoms with E-state index in [9.17, 15) is 0 Å². The molecular weight excluding hydrogens is 198 g/mol. The minimum absolute atomic E-state index is 0.150. The SMILES string of the molecule is Cc1ccc2nc(C)c(C(N)C3CC3)n2c1. The Morgan fingerprint density at radius 3 is 2.81 bits per heavy atom. The zero-order valence-corrected chi connectivity index (χ0v) is 9.77. The lowest BCUT2D eigenvalue weighted by Gasteiger charge is -2.11. The molecule has 1 atom stereocenters. The number of nitrogens with two attached hydrogens (primary N) is 1. The maximum Gasteiger partial charge on any atom is 0.137 e. The predicted octanol–water partition coefficient (Wildman–Crippen LogP) is 2.36. The van der Waals surface area contributed by atoms with Crippen LogP contribution in [0.1, 0.15) is 35.8 Å². The second kappa shape index (κ2) is 3.32. The van der Waals surface area contributed by atoms with Gasteiger partial charge < -0.3 is 10.1 Å². The van der Waals surface area contributed by atoms with Crippen LogP contribution in [0.4, 0.5) is 0 Å². The Balaban J connectivity index is 2.20. The van der Waals surface area contributed by atoms with Gasteiger partial charge in [-0.05, 0) is 44.2 Å². The third kappa shape index (κ3) is 1.43. The second-order valence-corrected chi connectivity index (χ2v) is 4.88. The van der Waals surface area contributed by atoms with E-state index in [4.69, 9.17) is 5.73 Å². The van der Waals surface area contributed by atoms with Crippen molar-refractivity contribution >= 4 is 5.65 Å². The maximum atomic E-state index is 6.30. The topological polar surface area (TPSA) is 43.3 Å². The molecule has 1 aliphatic rings. The highest BCUT2D eigenvalue weighted by molar-refractivity contribution is 5.45. The van der Waals surface area contributed by atoms with Crippen LogP contribution < -0.4 is 5.73 Å². The largest absolute Gasteiger partial charge is 0.322 e. The van der Waals surface area contributed by atoms with Crippen LogP contribution in [-0.2, 0) is 0 Å². The van der Waals surface area contributed by atoms with Gasteiger partial charge >= 0.3 is 0 Å². The van der Waals surface area contributed by atoms with Crippen LogP contribution in [0.25, 0.3) is 5.65 Å². The van der Waals surface area contributed by atoms with Gasteiger partial charge in [0.1, 0.15) is 5.65 Å². The van der Waals surface area contributed by atoms with Crippen LogP contribution in [0.2, 0.25) is 0 Å². The third-order valence-corrected chi connectivity index (χ3v) is 3.43. The lowest BCUT2D eigenvalue weighted by atomic mass is 10.1. The summed E-state index contributed by atoms with van der Waals surface area (Å²) in [5.41, 5.74) is 10.8. The summed E-state index contributed by atoms with van der Waals surface area (Å²) >= 11 is 0. The first-order valence-corrected chi connectivity index (χ1v) is 5.87. The summed E-state index contributed by atoms with van der Waals surface area (Å²) in [4.78, 5) is 4.57. The fraction of sp³-hybridized carbons (Fsp3) is 0.462. The predicted molar refractivity (Wildman–Crippen MR) is 64.3 cm³/mol. The van der Waals surface area contributed by atoms with E-state index in [0.29, 0.717) is 5.92 Å². The zero-order chi connectivity index (χ0) is 11.3. The molecule has 16 heavy (non-hydrogen) atoms. The number of rotatable bonds is 2. The quantitative estimate of drug-likeness (QED) is 0.835. The van der Waals surface area contributed by atoms with Gasteiger partial charge in [0.2, 0.25) is 0 Å². The molecule has 0 aromatic carbocycles. The van der Waals surface area contributed by atoms with Crippen molar-refractivity contribution in [1.82, 2.24) is 9.38 Å². The van der Waals surface area contributed by atoms with Crippen molar-refractivity contribution in [1.29, 1.82) is 0 Å². The number of aromatic nitrogens is 2. The summed E-state index contributed by atoms with van der Waals surface area (Å²) in [6.45, 7) is 4.15. The summed E-state index contributed by atoms with van der Waals surface area (Å²) in [5, 5.41) is 0. The average molecular weight is 215 g/mol. The summed E-state index contributed by atoms with van der Waals surface area (Å²) in [6, 6.07) is 4.30. The molecule has 1 saturated carbocycles. The fourth-order valence-corrected chi connectivity index (χ4v) is 2.37. The van der Waals surface area contributed by atoms with E-state index in [0.717, 1.165) is 11.3 Å². The Labute approximate surface area is 95.3 Å². The van der Waals surface area contributed by atoms with E-state index in [-0.39, 0.29) is 6.04 Å². The van der Waals surface area contributed by atoms with Gasteiger partial charge in [0.15, 0.2) is 0 Å². The van der Waals surface area contributed by atoms with Crippen molar-refractivity contribution in [2.45, 2.75) is 32.7 Å². The molecule has 0 spiro atoms. The molecular formula is C13H17N3. The van der Waals surface area contributed by atoms with Crippen LogP contribution in [0, 0.1) is 19.8 Å². The van der Waals surface area contributed by atoms with Gasteiger partial charge in [-0.3, -0.25) is 0 Å². The van der Waals surface area contributed by atoms with Crippen molar-refractivity contribution < 1.29 is 0 Å². The van der Waals surface area contributed by atoms with Gasteiger partial charge in [0.05, 0.1) is 17.4 Å². The highest BCUT2D eigenvalue weighted by atomic mass is 15.0. The Bertz CT molecular complexity index is 537. The molecule has 0 amide bonds. The molecule has 2 aromatic rings. The lowest BCUT2D eigenvalue weighted by molar-refractivity contribution is 0.605. The number of nitrogens with zero attached hydrogens (tertiary/aromatic N) is 2. The van der Waals surface area contributed by atoms with Gasteiger partial charge in [0.25, 0.3) is 0 Å². The Morgan fingerprint density at radius 2 is 2.12 bits per heavy atom. The Kier molecular flexibility index (Phi) is 2.04. The van der Waals surface area contributed by atoms with E-state index in [1.165, 1.54) is 24.1 Å². The first kappa shape index (κ1) is 9.85. The summed E-state index contributed by atoms with van der Waals surface area (Å²) in [7, 11) is 0. The molecule has 0 radical (unpaired) electrons. The van der Waals surface area contributed by atoms with Crippen molar-refractivity contribution in [3.63, 3.8) is 0 Å². The van der Waals surface area contributed by atoms with E-state index in [2.05, 4.69) is 41.6 Å². The molecule has 2 N–H and O–H groups in total. The summed E-state index contributed by atoms with van der Waals surface area (Å²) in [6.07, 6.45) is 4.66. The number of hydrogen-bond donors (Lipinski definition) is 1. The minimum Gasteiger partial charge on any atom is -0.322 e. The van der Waals surface area contributed by atoms with Crippen LogP contribution in [0.5, 0.6) is 0 Å². The van der Waals surface area contributed by atoms with Crippen molar-refractivity contribution in [3.8, 4) is 0 Å². The van der Waals surface area contributed by atoms with Crippen molar-refractivity contribution in [3.05, 3.63) is 35.3 Å². The number of aryl methyl sites for hydroxylation is 2. The molecule has 1 fully saturated rings. The van der Waals surface area contributed by atoms with Gasteiger partial charge in [-0.2, -0.15) is 0 Å². The standard InChI is InChI=1S/C13H17N3/c1-8-3-6-11-15-9(2)13(16(11)7-8)12(14)10-4-5-10/h3,6-7,10,12H,4-5,14H2,1-2H3. The molecule has 3 rings (SSSR count). The molecule has 0 aliphatic heterocycles. The second-order valence-electron chi connectivity index (χ2n) is 4.88. The van der Waals surface area contributed by atoms with E-state index in [1.807, 2.05) is 0 Å². The molecule has 3 nitrogen and oxygen atoms in total. The Hall–Kier alpha value is -1.35. The highest BCUT2D eigenvalue weighted by Crippen LogP contribution is 2.40. The molecule has 0 bridgehead atoms. The monoisotopic (exact) mass is 215 g/mol. The number of pyridine rings is 1. The van der Waals surface area contributed by atoms with E-state index >= 15 is 0 Å². The van der Waals surface area contributed by atoms with Crippen molar-refractivity contribution in [2.75, 3.05) is 0 Å². The highest BCUT2D eigenvalue weighted by Gasteiger charge is 2.32. The van der Waals surface area contributed by atoms with Crippen LogP contribution in [0.15, 0.2) is 18.3 Å². The third-order valence-electron chi connectivity index (χ3n) is 3.43. The lowest BCUT2D eigenvalue weighted by Crippen LogP contribution is -2.16. The normalized spacial score (nSPS) is 17.9. The van der Waals surface area contributed by atoms with Gasteiger partial charge in [0, 0.05) is 6.20 Å². The first-order chi connectivity index (χ1) is 7.66. The molecule has 84 valence electrons. The fourth-order valence-electron chi connectivity index (χ4n) is 2.37. The first-order valence-electron chi connectivity index (χ1n) is 5.87. The number of fused-ring (bicyclic) bond motifs is 1. The average Bonchev–Trinajstić information content (AvgIpc) is 3.01. The van der Waals surface area contributed by atoms with Crippen LogP contribution >= 0.6 is 0 Å². The van der Waals surface area contributed by atoms with E-state index < -0.39 is 0 Å². The molecule has 0 saturated heterocycles. The van der Waals surface area contributed by atoms with Crippen molar-refractivity contribution in [2.24, 2.45) is 11.7 Å². The zero-order valence-electron chi connectivity index (χ0n) is 9.77. The molecule has 1 aliphatic carbocycles. The number of imidazole rings is 1. The van der Waals surface area contributed by atoms with Gasteiger partial charge in [-0.25, -0.2) is 4.98 Å². The number of hydrogen-bond acceptors (Lipinski definition) is 2. The molecule has 1 unspecified atom stereocenters. The smallest absolute Gasteiger partial charge is 0.137 e. The molecule has 2 aromatic heterocycles. The van der Waals surface area contributed by atoms with Crippen LogP contribution in [-0.4, -0.2) is 9.38 Å². The van der Waals surface area contributed by atoms with E-state index in [1.54, 1.807) is 0 Å². The summed E-state index contributed by atoms with van der Waals surface area (Å²) < 4.78 is 2.16. The minimum atomic E-state index is 0.150. The van der Waals surface area contributed by atoms with Crippen LogP contribution in [0.3, 0.4) is 0 Å².